The van der Waals surface area contributed by atoms with Gasteiger partial charge in [-0.05, 0) is 61.4 Å². The Hall–Kier alpha value is -3.86. The van der Waals surface area contributed by atoms with E-state index < -0.39 is 29.2 Å². The molecule has 2 aromatic rings. The number of amides is 2. The number of rotatable bonds is 7. The highest BCUT2D eigenvalue weighted by Crippen LogP contribution is 2.40. The van der Waals surface area contributed by atoms with Gasteiger partial charge in [-0.25, -0.2) is 9.18 Å². The molecule has 38 heavy (non-hydrogen) atoms. The van der Waals surface area contributed by atoms with Crippen LogP contribution in [0.15, 0.2) is 54.3 Å². The Morgan fingerprint density at radius 2 is 1.95 bits per heavy atom. The molecule has 0 bridgehead atoms. The third-order valence-corrected chi connectivity index (χ3v) is 6.00. The van der Waals surface area contributed by atoms with Gasteiger partial charge in [-0.2, -0.15) is 13.2 Å². The van der Waals surface area contributed by atoms with Gasteiger partial charge in [0.2, 0.25) is 5.78 Å². The summed E-state index contributed by atoms with van der Waals surface area (Å²) in [6.07, 6.45) is -1.02. The van der Waals surface area contributed by atoms with Crippen molar-refractivity contribution >= 4 is 28.8 Å². The zero-order valence-corrected chi connectivity index (χ0v) is 20.7. The van der Waals surface area contributed by atoms with Crippen molar-refractivity contribution in [2.24, 2.45) is 0 Å². The Morgan fingerprint density at radius 3 is 2.61 bits per heavy atom. The Morgan fingerprint density at radius 1 is 1.16 bits per heavy atom. The molecule has 2 aromatic carbocycles. The van der Waals surface area contributed by atoms with E-state index in [1.165, 1.54) is 24.3 Å². The normalized spacial score (nSPS) is 19.5. The van der Waals surface area contributed by atoms with Gasteiger partial charge in [0.1, 0.15) is 17.2 Å². The van der Waals surface area contributed by atoms with Gasteiger partial charge in [-0.1, -0.05) is 12.1 Å². The van der Waals surface area contributed by atoms with E-state index in [9.17, 15) is 27.2 Å². The molecule has 1 saturated heterocycles. The Balaban J connectivity index is 1.46. The van der Waals surface area contributed by atoms with Gasteiger partial charge in [-0.3, -0.25) is 4.79 Å². The van der Waals surface area contributed by atoms with Gasteiger partial charge in [0.15, 0.2) is 5.76 Å². The smallest absolute Gasteiger partial charge is 0.420 e. The SMILES string of the molecule is CCOC1=CC(c2ccc(NC(=O)Nc3ccc(OC4(C)CCOC4)c(C(F)(F)F)c3)c(F)c2)=CCC1=O. The summed E-state index contributed by atoms with van der Waals surface area (Å²) in [5, 5.41) is 4.59. The van der Waals surface area contributed by atoms with Gasteiger partial charge in [-0.15, -0.1) is 0 Å². The van der Waals surface area contributed by atoms with Crippen molar-refractivity contribution in [2.45, 2.75) is 38.5 Å². The second-order valence-electron chi connectivity index (χ2n) is 9.07. The Kier molecular flexibility index (Phi) is 7.77. The van der Waals surface area contributed by atoms with Gasteiger partial charge in [0.25, 0.3) is 0 Å². The lowest BCUT2D eigenvalue weighted by Gasteiger charge is -2.26. The first-order valence-corrected chi connectivity index (χ1v) is 11.9. The minimum absolute atomic E-state index is 0.113. The van der Waals surface area contributed by atoms with E-state index in [1.54, 1.807) is 26.0 Å². The van der Waals surface area contributed by atoms with E-state index in [-0.39, 0.29) is 41.7 Å². The number of hydrogen-bond donors (Lipinski definition) is 2. The lowest BCUT2D eigenvalue weighted by atomic mass is 9.97. The maximum absolute atomic E-state index is 14.8. The summed E-state index contributed by atoms with van der Waals surface area (Å²) in [7, 11) is 0. The number of Topliss-reactive ketones (excluding diaryl/α,β-unsaturated/α-hetero) is 1. The first kappa shape index (κ1) is 27.2. The van der Waals surface area contributed by atoms with E-state index in [2.05, 4.69) is 10.6 Å². The fourth-order valence-corrected chi connectivity index (χ4v) is 4.06. The summed E-state index contributed by atoms with van der Waals surface area (Å²) < 4.78 is 72.1. The van der Waals surface area contributed by atoms with Crippen LogP contribution in [0, 0.1) is 5.82 Å². The van der Waals surface area contributed by atoms with Crippen molar-refractivity contribution < 1.29 is 41.4 Å². The van der Waals surface area contributed by atoms with E-state index in [0.29, 0.717) is 30.8 Å². The zero-order chi connectivity index (χ0) is 27.5. The predicted molar refractivity (Wildman–Crippen MR) is 132 cm³/mol. The number of benzene rings is 2. The molecular weight excluding hydrogens is 508 g/mol. The van der Waals surface area contributed by atoms with Crippen LogP contribution < -0.4 is 15.4 Å². The van der Waals surface area contributed by atoms with Crippen LogP contribution in [0.3, 0.4) is 0 Å². The second kappa shape index (κ2) is 10.9. The number of urea groups is 1. The fraction of sp³-hybridized carbons (Fsp3) is 0.333. The molecule has 202 valence electrons. The number of allylic oxidation sites excluding steroid dienone is 4. The number of nitrogens with one attached hydrogen (secondary N) is 2. The molecule has 1 heterocycles. The fourth-order valence-electron chi connectivity index (χ4n) is 4.06. The van der Waals surface area contributed by atoms with Crippen LogP contribution in [0.25, 0.3) is 5.57 Å². The molecule has 2 amide bonds. The Labute approximate surface area is 216 Å². The van der Waals surface area contributed by atoms with Crippen LogP contribution >= 0.6 is 0 Å². The summed E-state index contributed by atoms with van der Waals surface area (Å²) in [5.41, 5.74) is -1.24. The summed E-state index contributed by atoms with van der Waals surface area (Å²) in [6.45, 7) is 4.27. The van der Waals surface area contributed by atoms with Gasteiger partial charge in [0, 0.05) is 18.5 Å². The van der Waals surface area contributed by atoms with Crippen molar-refractivity contribution in [3.05, 3.63) is 71.3 Å². The number of alkyl halides is 3. The predicted octanol–water partition coefficient (Wildman–Crippen LogP) is 6.32. The first-order chi connectivity index (χ1) is 18.0. The summed E-state index contributed by atoms with van der Waals surface area (Å²) in [6, 6.07) is 6.26. The summed E-state index contributed by atoms with van der Waals surface area (Å²) >= 11 is 0. The van der Waals surface area contributed by atoms with Crippen LogP contribution in [-0.4, -0.2) is 37.2 Å². The third kappa shape index (κ3) is 6.34. The van der Waals surface area contributed by atoms with Gasteiger partial charge in [0.05, 0.1) is 31.1 Å². The van der Waals surface area contributed by atoms with Crippen LogP contribution in [0.1, 0.15) is 37.8 Å². The highest BCUT2D eigenvalue weighted by atomic mass is 19.4. The molecule has 0 spiro atoms. The van der Waals surface area contributed by atoms with E-state index in [4.69, 9.17) is 14.2 Å². The highest BCUT2D eigenvalue weighted by molar-refractivity contribution is 6.02. The lowest BCUT2D eigenvalue weighted by molar-refractivity contribution is -0.139. The molecule has 0 saturated carbocycles. The average molecular weight is 535 g/mol. The minimum Gasteiger partial charge on any atom is -0.490 e. The third-order valence-electron chi connectivity index (χ3n) is 6.00. The van der Waals surface area contributed by atoms with Crippen molar-refractivity contribution in [3.8, 4) is 5.75 Å². The molecule has 0 radical (unpaired) electrons. The van der Waals surface area contributed by atoms with Crippen molar-refractivity contribution in [1.82, 2.24) is 0 Å². The van der Waals surface area contributed by atoms with Crippen molar-refractivity contribution in [2.75, 3.05) is 30.5 Å². The van der Waals surface area contributed by atoms with Crippen molar-refractivity contribution in [3.63, 3.8) is 0 Å². The summed E-state index contributed by atoms with van der Waals surface area (Å²) in [4.78, 5) is 24.4. The van der Waals surface area contributed by atoms with Crippen LogP contribution in [0.2, 0.25) is 0 Å². The zero-order valence-electron chi connectivity index (χ0n) is 20.7. The molecule has 0 aromatic heterocycles. The highest BCUT2D eigenvalue weighted by Gasteiger charge is 2.39. The molecule has 4 rings (SSSR count). The molecule has 1 atom stereocenters. The molecule has 1 aliphatic heterocycles. The molecule has 2 N–H and O–H groups in total. The standard InChI is InChI=1S/C27H26F4N2O5/c1-3-37-24-13-17(5-8-22(24)34)16-4-7-21(20(28)12-16)33-25(35)32-18-6-9-23(19(14-18)27(29,30)31)38-26(2)10-11-36-15-26/h4-7,9,12-14H,3,8,10-11,15H2,1-2H3,(H2,32,33,35). The molecule has 1 unspecified atom stereocenters. The van der Waals surface area contributed by atoms with Gasteiger partial charge >= 0.3 is 12.2 Å². The van der Waals surface area contributed by atoms with Crippen LogP contribution in [-0.2, 0) is 20.4 Å². The molecular formula is C27H26F4N2O5. The molecule has 2 aliphatic rings. The molecule has 7 nitrogen and oxygen atoms in total. The number of anilines is 2. The second-order valence-corrected chi connectivity index (χ2v) is 9.07. The van der Waals surface area contributed by atoms with Crippen LogP contribution in [0.4, 0.5) is 33.7 Å². The van der Waals surface area contributed by atoms with E-state index in [0.717, 1.165) is 12.1 Å². The number of carbonyl (C=O) groups excluding carboxylic acids is 2. The first-order valence-electron chi connectivity index (χ1n) is 11.9. The van der Waals surface area contributed by atoms with E-state index in [1.807, 2.05) is 0 Å². The summed E-state index contributed by atoms with van der Waals surface area (Å²) in [5.74, 6) is -1.14. The molecule has 11 heteroatoms. The molecule has 1 aliphatic carbocycles. The van der Waals surface area contributed by atoms with Gasteiger partial charge < -0.3 is 24.8 Å². The maximum Gasteiger partial charge on any atom is 0.420 e. The number of halogens is 4. The topological polar surface area (TPSA) is 85.9 Å². The Bertz CT molecular complexity index is 1300. The largest absolute Gasteiger partial charge is 0.490 e. The number of hydrogen-bond acceptors (Lipinski definition) is 5. The number of ketones is 1. The monoisotopic (exact) mass is 534 g/mol. The van der Waals surface area contributed by atoms with Crippen LogP contribution in [0.5, 0.6) is 5.75 Å². The number of carbonyl (C=O) groups is 2. The van der Waals surface area contributed by atoms with Crippen molar-refractivity contribution in [1.29, 1.82) is 0 Å². The number of ether oxygens (including phenoxy) is 3. The lowest BCUT2D eigenvalue weighted by Crippen LogP contribution is -2.33. The average Bonchev–Trinajstić information content (AvgIpc) is 3.28. The minimum atomic E-state index is -4.74. The van der Waals surface area contributed by atoms with E-state index >= 15 is 0 Å². The molecule has 1 fully saturated rings. The quantitative estimate of drug-likeness (QED) is 0.406. The maximum atomic E-state index is 14.8.